The van der Waals surface area contributed by atoms with Crippen molar-refractivity contribution in [3.8, 4) is 0 Å². The topological polar surface area (TPSA) is 65.1 Å². The molecule has 6 heteroatoms. The van der Waals surface area contributed by atoms with Gasteiger partial charge in [0.25, 0.3) is 5.91 Å². The van der Waals surface area contributed by atoms with Gasteiger partial charge in [0, 0.05) is 31.4 Å². The first-order valence-electron chi connectivity index (χ1n) is 9.26. The molecule has 2 aromatic rings. The molecule has 0 aromatic carbocycles. The molecule has 0 spiro atoms. The highest BCUT2D eigenvalue weighted by molar-refractivity contribution is 5.95. The smallest absolute Gasteiger partial charge is 0.254 e. The lowest BCUT2D eigenvalue weighted by molar-refractivity contribution is 0.0605. The van der Waals surface area contributed by atoms with Gasteiger partial charge in [0.15, 0.2) is 0 Å². The zero-order chi connectivity index (χ0) is 17.2. The van der Waals surface area contributed by atoms with Crippen LogP contribution in [0.15, 0.2) is 24.5 Å². The Bertz CT molecular complexity index is 750. The van der Waals surface area contributed by atoms with Crippen LogP contribution < -0.4 is 4.90 Å². The van der Waals surface area contributed by atoms with Crippen LogP contribution in [0.1, 0.15) is 59.8 Å². The van der Waals surface area contributed by atoms with Gasteiger partial charge in [-0.2, -0.15) is 5.10 Å². The minimum atomic E-state index is 0.0900. The number of carbonyl (C=O) groups is 1. The third-order valence-corrected chi connectivity index (χ3v) is 5.39. The molecule has 2 saturated heterocycles. The summed E-state index contributed by atoms with van der Waals surface area (Å²) >= 11 is 0. The normalized spacial score (nSPS) is 20.9. The monoisotopic (exact) mass is 339 g/mol. The fourth-order valence-corrected chi connectivity index (χ4v) is 4.00. The summed E-state index contributed by atoms with van der Waals surface area (Å²) in [4.78, 5) is 22.0. The number of likely N-dealkylation sites (tertiary alicyclic amines) is 1. The first-order valence-corrected chi connectivity index (χ1v) is 9.26. The van der Waals surface area contributed by atoms with E-state index in [1.165, 1.54) is 12.8 Å². The van der Waals surface area contributed by atoms with Crippen molar-refractivity contribution in [1.29, 1.82) is 0 Å². The lowest BCUT2D eigenvalue weighted by atomic mass is 9.96. The number of H-pyrrole nitrogens is 1. The Hall–Kier alpha value is -2.37. The average Bonchev–Trinajstić information content (AvgIpc) is 3.33. The van der Waals surface area contributed by atoms with Gasteiger partial charge in [-0.25, -0.2) is 4.98 Å². The largest absolute Gasteiger partial charge is 0.357 e. The van der Waals surface area contributed by atoms with Gasteiger partial charge >= 0.3 is 0 Å². The standard InChI is InChI=1S/C19H25N5O/c1-14-13-21-22-18(14)16-6-2-3-11-24(16)19(25)15-7-8-20-17(12-15)23-9-4-5-10-23/h7-8,12-13,16H,2-6,9-11H2,1H3,(H,21,22)/t16-/m0/s1. The van der Waals surface area contributed by atoms with Crippen LogP contribution in [-0.2, 0) is 0 Å². The summed E-state index contributed by atoms with van der Waals surface area (Å²) in [6.45, 7) is 4.91. The van der Waals surface area contributed by atoms with Crippen molar-refractivity contribution >= 4 is 11.7 Å². The number of piperidine rings is 1. The lowest BCUT2D eigenvalue weighted by Gasteiger charge is -2.35. The Balaban J connectivity index is 1.60. The number of aromatic amines is 1. The Labute approximate surface area is 148 Å². The molecular formula is C19H25N5O. The van der Waals surface area contributed by atoms with E-state index < -0.39 is 0 Å². The molecular weight excluding hydrogens is 314 g/mol. The first kappa shape index (κ1) is 16.1. The summed E-state index contributed by atoms with van der Waals surface area (Å²) in [7, 11) is 0. The van der Waals surface area contributed by atoms with Crippen molar-refractivity contribution in [2.45, 2.75) is 45.1 Å². The van der Waals surface area contributed by atoms with Crippen LogP contribution in [0, 0.1) is 6.92 Å². The average molecular weight is 339 g/mol. The molecule has 6 nitrogen and oxygen atoms in total. The molecule has 4 rings (SSSR count). The molecule has 0 bridgehead atoms. The van der Waals surface area contributed by atoms with Crippen LogP contribution in [0.2, 0.25) is 0 Å². The Kier molecular flexibility index (Phi) is 4.42. The zero-order valence-electron chi connectivity index (χ0n) is 14.7. The van der Waals surface area contributed by atoms with Gasteiger partial charge in [0.05, 0.1) is 17.9 Å². The number of pyridine rings is 1. The summed E-state index contributed by atoms with van der Waals surface area (Å²) < 4.78 is 0. The van der Waals surface area contributed by atoms with Crippen molar-refractivity contribution < 1.29 is 4.79 Å². The maximum Gasteiger partial charge on any atom is 0.254 e. The van der Waals surface area contributed by atoms with Crippen LogP contribution in [0.25, 0.3) is 0 Å². The molecule has 2 aromatic heterocycles. The van der Waals surface area contributed by atoms with E-state index in [1.807, 2.05) is 30.2 Å². The van der Waals surface area contributed by atoms with Gasteiger partial charge in [-0.15, -0.1) is 0 Å². The first-order chi connectivity index (χ1) is 12.2. The Morgan fingerprint density at radius 1 is 1.20 bits per heavy atom. The van der Waals surface area contributed by atoms with Gasteiger partial charge in [-0.3, -0.25) is 9.89 Å². The van der Waals surface area contributed by atoms with E-state index in [0.29, 0.717) is 0 Å². The number of hydrogen-bond donors (Lipinski definition) is 1. The summed E-state index contributed by atoms with van der Waals surface area (Å²) in [5, 5.41) is 7.25. The van der Waals surface area contributed by atoms with Gasteiger partial charge in [-0.05, 0) is 56.7 Å². The zero-order valence-corrected chi connectivity index (χ0v) is 14.7. The Morgan fingerprint density at radius 2 is 2.00 bits per heavy atom. The molecule has 1 N–H and O–H groups in total. The van der Waals surface area contributed by atoms with Gasteiger partial charge in [-0.1, -0.05) is 0 Å². The van der Waals surface area contributed by atoms with E-state index in [4.69, 9.17) is 0 Å². The molecule has 0 aliphatic carbocycles. The van der Waals surface area contributed by atoms with Crippen molar-refractivity contribution in [2.24, 2.45) is 0 Å². The SMILES string of the molecule is Cc1cn[nH]c1[C@@H]1CCCCN1C(=O)c1ccnc(N2CCCC2)c1. The van der Waals surface area contributed by atoms with E-state index in [9.17, 15) is 4.79 Å². The van der Waals surface area contributed by atoms with E-state index in [0.717, 1.165) is 61.5 Å². The number of aryl methyl sites for hydroxylation is 1. The van der Waals surface area contributed by atoms with Crippen molar-refractivity contribution in [1.82, 2.24) is 20.1 Å². The molecule has 0 saturated carbocycles. The number of amides is 1. The van der Waals surface area contributed by atoms with Crippen LogP contribution >= 0.6 is 0 Å². The van der Waals surface area contributed by atoms with E-state index >= 15 is 0 Å². The Morgan fingerprint density at radius 3 is 2.76 bits per heavy atom. The number of rotatable bonds is 3. The maximum absolute atomic E-state index is 13.2. The molecule has 25 heavy (non-hydrogen) atoms. The minimum Gasteiger partial charge on any atom is -0.357 e. The van der Waals surface area contributed by atoms with E-state index in [-0.39, 0.29) is 11.9 Å². The van der Waals surface area contributed by atoms with Crippen LogP contribution in [0.4, 0.5) is 5.82 Å². The lowest BCUT2D eigenvalue weighted by Crippen LogP contribution is -2.39. The number of nitrogens with one attached hydrogen (secondary N) is 1. The van der Waals surface area contributed by atoms with Gasteiger partial charge < -0.3 is 9.80 Å². The number of aromatic nitrogens is 3. The van der Waals surface area contributed by atoms with Crippen LogP contribution in [0.3, 0.4) is 0 Å². The molecule has 1 amide bonds. The van der Waals surface area contributed by atoms with Crippen molar-refractivity contribution in [3.05, 3.63) is 41.3 Å². The molecule has 2 fully saturated rings. The van der Waals surface area contributed by atoms with E-state index in [2.05, 4.69) is 20.1 Å². The number of nitrogens with zero attached hydrogens (tertiary/aromatic N) is 4. The molecule has 1 atom stereocenters. The van der Waals surface area contributed by atoms with Crippen LogP contribution in [-0.4, -0.2) is 45.6 Å². The van der Waals surface area contributed by atoms with Crippen molar-refractivity contribution in [2.75, 3.05) is 24.5 Å². The predicted molar refractivity (Wildman–Crippen MR) is 96.6 cm³/mol. The second kappa shape index (κ2) is 6.86. The predicted octanol–water partition coefficient (Wildman–Crippen LogP) is 3.08. The summed E-state index contributed by atoms with van der Waals surface area (Å²) in [6, 6.07) is 3.89. The summed E-state index contributed by atoms with van der Waals surface area (Å²) in [5.41, 5.74) is 2.93. The second-order valence-corrected chi connectivity index (χ2v) is 7.07. The molecule has 4 heterocycles. The highest BCUT2D eigenvalue weighted by Crippen LogP contribution is 2.33. The van der Waals surface area contributed by atoms with Gasteiger partial charge in [0.1, 0.15) is 5.82 Å². The fraction of sp³-hybridized carbons (Fsp3) is 0.526. The highest BCUT2D eigenvalue weighted by Gasteiger charge is 2.31. The fourth-order valence-electron chi connectivity index (χ4n) is 4.00. The molecule has 0 radical (unpaired) electrons. The molecule has 2 aliphatic rings. The minimum absolute atomic E-state index is 0.0900. The number of carbonyl (C=O) groups excluding carboxylic acids is 1. The number of hydrogen-bond acceptors (Lipinski definition) is 4. The van der Waals surface area contributed by atoms with Crippen molar-refractivity contribution in [3.63, 3.8) is 0 Å². The highest BCUT2D eigenvalue weighted by atomic mass is 16.2. The quantitative estimate of drug-likeness (QED) is 0.933. The third kappa shape index (κ3) is 3.13. The second-order valence-electron chi connectivity index (χ2n) is 7.07. The molecule has 132 valence electrons. The number of anilines is 1. The van der Waals surface area contributed by atoms with Gasteiger partial charge in [0.2, 0.25) is 0 Å². The van der Waals surface area contributed by atoms with E-state index in [1.54, 1.807) is 6.20 Å². The summed E-state index contributed by atoms with van der Waals surface area (Å²) in [6.07, 6.45) is 9.19. The molecule has 0 unspecified atom stereocenters. The summed E-state index contributed by atoms with van der Waals surface area (Å²) in [5.74, 6) is 1.02. The maximum atomic E-state index is 13.2. The van der Waals surface area contributed by atoms with Crippen LogP contribution in [0.5, 0.6) is 0 Å². The molecule has 2 aliphatic heterocycles. The third-order valence-electron chi connectivity index (χ3n) is 5.39.